The second-order valence-electron chi connectivity index (χ2n) is 6.75. The molecule has 6 heteroatoms. The molecule has 130 valence electrons. The van der Waals surface area contributed by atoms with Crippen LogP contribution in [0.3, 0.4) is 0 Å². The van der Waals surface area contributed by atoms with Crippen LogP contribution in [0.4, 0.5) is 5.69 Å². The molecule has 1 aromatic rings. The smallest absolute Gasteiger partial charge is 0.278 e. The van der Waals surface area contributed by atoms with Gasteiger partial charge in [-0.15, -0.1) is 0 Å². The van der Waals surface area contributed by atoms with Crippen LogP contribution in [0.25, 0.3) is 0 Å². The zero-order valence-corrected chi connectivity index (χ0v) is 14.1. The third-order valence-electron chi connectivity index (χ3n) is 5.14. The van der Waals surface area contributed by atoms with Crippen molar-refractivity contribution in [2.24, 2.45) is 5.73 Å². The van der Waals surface area contributed by atoms with Crippen molar-refractivity contribution in [1.29, 1.82) is 0 Å². The van der Waals surface area contributed by atoms with Crippen molar-refractivity contribution in [2.75, 3.05) is 44.2 Å². The second kappa shape index (κ2) is 7.66. The Labute approximate surface area is 143 Å². The third kappa shape index (κ3) is 3.87. The van der Waals surface area contributed by atoms with E-state index in [1.165, 1.54) is 10.6 Å². The molecule has 2 aliphatic heterocycles. The molecule has 2 heterocycles. The number of hydrogen-bond acceptors (Lipinski definition) is 3. The second-order valence-corrected chi connectivity index (χ2v) is 6.75. The number of para-hydroxylation sites is 1. The largest absolute Gasteiger partial charge is 0.368 e. The van der Waals surface area contributed by atoms with Gasteiger partial charge in [-0.05, 0) is 31.4 Å². The Kier molecular flexibility index (Phi) is 5.35. The topological polar surface area (TPSA) is 71.1 Å². The van der Waals surface area contributed by atoms with Gasteiger partial charge in [0.25, 0.3) is 5.91 Å². The molecule has 2 amide bonds. The highest BCUT2D eigenvalue weighted by atomic mass is 16.2. The number of benzene rings is 1. The summed E-state index contributed by atoms with van der Waals surface area (Å²) in [6, 6.07) is 9.98. The highest BCUT2D eigenvalue weighted by Gasteiger charge is 2.33. The van der Waals surface area contributed by atoms with Crippen LogP contribution in [-0.2, 0) is 9.59 Å². The quantitative estimate of drug-likeness (QED) is 0.763. The van der Waals surface area contributed by atoms with E-state index in [2.05, 4.69) is 29.2 Å². The summed E-state index contributed by atoms with van der Waals surface area (Å²) in [5.74, 6) is -0.298. The molecular formula is C18H27N4O2+. The van der Waals surface area contributed by atoms with E-state index in [9.17, 15) is 9.59 Å². The van der Waals surface area contributed by atoms with Crippen LogP contribution in [-0.4, -0.2) is 62.0 Å². The lowest BCUT2D eigenvalue weighted by Gasteiger charge is -2.37. The number of primary amides is 1. The van der Waals surface area contributed by atoms with Gasteiger partial charge in [-0.1, -0.05) is 18.2 Å². The Morgan fingerprint density at radius 1 is 1.08 bits per heavy atom. The van der Waals surface area contributed by atoms with Crippen LogP contribution in [0, 0.1) is 0 Å². The molecule has 0 aromatic heterocycles. The first-order valence-corrected chi connectivity index (χ1v) is 8.87. The summed E-state index contributed by atoms with van der Waals surface area (Å²) in [6.07, 6.45) is 2.64. The summed E-state index contributed by atoms with van der Waals surface area (Å²) >= 11 is 0. The number of carbonyl (C=O) groups excluding carboxylic acids is 2. The van der Waals surface area contributed by atoms with E-state index >= 15 is 0 Å². The number of nitrogens with one attached hydrogen (secondary N) is 1. The lowest BCUT2D eigenvalue weighted by atomic mass is 10.0. The molecule has 3 rings (SSSR count). The van der Waals surface area contributed by atoms with E-state index in [-0.39, 0.29) is 11.8 Å². The van der Waals surface area contributed by atoms with Gasteiger partial charge in [-0.3, -0.25) is 9.59 Å². The van der Waals surface area contributed by atoms with Crippen LogP contribution < -0.4 is 15.5 Å². The van der Waals surface area contributed by atoms with Crippen molar-refractivity contribution in [2.45, 2.75) is 25.3 Å². The zero-order valence-electron chi connectivity index (χ0n) is 14.1. The summed E-state index contributed by atoms with van der Waals surface area (Å²) in [4.78, 5) is 29.6. The molecule has 2 saturated heterocycles. The SMILES string of the molecule is NC(=O)[C@H]1CCCCN1C(=O)C[NH+]1CCN(c2ccccc2)CC1. The Hall–Kier alpha value is -2.08. The maximum absolute atomic E-state index is 12.6. The van der Waals surface area contributed by atoms with E-state index in [1.54, 1.807) is 4.90 Å². The minimum absolute atomic E-state index is 0.0710. The number of carbonyl (C=O) groups is 2. The molecule has 3 N–H and O–H groups in total. The van der Waals surface area contributed by atoms with Gasteiger partial charge in [0.05, 0.1) is 26.2 Å². The van der Waals surface area contributed by atoms with Gasteiger partial charge in [-0.2, -0.15) is 0 Å². The van der Waals surface area contributed by atoms with E-state index in [1.807, 2.05) is 6.07 Å². The van der Waals surface area contributed by atoms with Gasteiger partial charge < -0.3 is 20.4 Å². The summed E-state index contributed by atoms with van der Waals surface area (Å²) in [5.41, 5.74) is 6.71. The number of anilines is 1. The molecule has 2 fully saturated rings. The van der Waals surface area contributed by atoms with Crippen LogP contribution in [0.1, 0.15) is 19.3 Å². The van der Waals surface area contributed by atoms with Crippen LogP contribution in [0.2, 0.25) is 0 Å². The van der Waals surface area contributed by atoms with E-state index in [4.69, 9.17) is 5.73 Å². The third-order valence-corrected chi connectivity index (χ3v) is 5.14. The average Bonchev–Trinajstić information content (AvgIpc) is 2.63. The Morgan fingerprint density at radius 3 is 2.46 bits per heavy atom. The highest BCUT2D eigenvalue weighted by Crippen LogP contribution is 2.16. The standard InChI is InChI=1S/C18H26N4O2/c19-18(24)16-8-4-5-9-22(16)17(23)14-20-10-12-21(13-11-20)15-6-2-1-3-7-15/h1-3,6-7,16H,4-5,8-14H2,(H2,19,24)/p+1/t16-/m1/s1. The minimum Gasteiger partial charge on any atom is -0.368 e. The highest BCUT2D eigenvalue weighted by molar-refractivity contribution is 5.87. The molecule has 0 saturated carbocycles. The fourth-order valence-electron chi connectivity index (χ4n) is 3.74. The molecule has 1 aromatic carbocycles. The number of amides is 2. The fourth-order valence-corrected chi connectivity index (χ4v) is 3.74. The molecule has 0 radical (unpaired) electrons. The van der Waals surface area contributed by atoms with Crippen molar-refractivity contribution in [3.8, 4) is 0 Å². The molecule has 0 aliphatic carbocycles. The Bertz CT molecular complexity index is 570. The normalized spacial score (nSPS) is 22.4. The number of piperidine rings is 1. The van der Waals surface area contributed by atoms with Gasteiger partial charge >= 0.3 is 0 Å². The maximum Gasteiger partial charge on any atom is 0.278 e. The van der Waals surface area contributed by atoms with Crippen molar-refractivity contribution in [1.82, 2.24) is 4.90 Å². The molecule has 0 spiro atoms. The molecular weight excluding hydrogens is 304 g/mol. The molecule has 6 nitrogen and oxygen atoms in total. The van der Waals surface area contributed by atoms with Gasteiger partial charge in [-0.25, -0.2) is 0 Å². The zero-order chi connectivity index (χ0) is 16.9. The molecule has 1 atom stereocenters. The van der Waals surface area contributed by atoms with Gasteiger partial charge in [0.1, 0.15) is 6.04 Å². The first-order chi connectivity index (χ1) is 11.6. The van der Waals surface area contributed by atoms with Crippen LogP contribution in [0.15, 0.2) is 30.3 Å². The summed E-state index contributed by atoms with van der Waals surface area (Å²) in [6.45, 7) is 4.91. The van der Waals surface area contributed by atoms with Gasteiger partial charge in [0.15, 0.2) is 6.54 Å². The van der Waals surface area contributed by atoms with Crippen LogP contribution >= 0.6 is 0 Å². The predicted octanol–water partition coefficient (Wildman–Crippen LogP) is -0.742. The average molecular weight is 331 g/mol. The molecule has 0 unspecified atom stereocenters. The summed E-state index contributed by atoms with van der Waals surface area (Å²) < 4.78 is 0. The Morgan fingerprint density at radius 2 is 1.79 bits per heavy atom. The maximum atomic E-state index is 12.6. The van der Waals surface area contributed by atoms with E-state index in [0.29, 0.717) is 19.5 Å². The molecule has 2 aliphatic rings. The summed E-state index contributed by atoms with van der Waals surface area (Å²) in [7, 11) is 0. The number of quaternary nitrogens is 1. The number of nitrogens with zero attached hydrogens (tertiary/aromatic N) is 2. The Balaban J connectivity index is 1.52. The number of piperazine rings is 1. The van der Waals surface area contributed by atoms with Crippen molar-refractivity contribution in [3.05, 3.63) is 30.3 Å². The first-order valence-electron chi connectivity index (χ1n) is 8.87. The van der Waals surface area contributed by atoms with Crippen molar-refractivity contribution < 1.29 is 14.5 Å². The first kappa shape index (κ1) is 16.8. The fraction of sp³-hybridized carbons (Fsp3) is 0.556. The van der Waals surface area contributed by atoms with E-state index in [0.717, 1.165) is 39.0 Å². The number of likely N-dealkylation sites (tertiary alicyclic amines) is 1. The number of rotatable bonds is 4. The number of hydrogen-bond donors (Lipinski definition) is 2. The predicted molar refractivity (Wildman–Crippen MR) is 92.8 cm³/mol. The van der Waals surface area contributed by atoms with Crippen molar-refractivity contribution in [3.63, 3.8) is 0 Å². The van der Waals surface area contributed by atoms with Crippen molar-refractivity contribution >= 4 is 17.5 Å². The van der Waals surface area contributed by atoms with Gasteiger partial charge in [0, 0.05) is 12.2 Å². The molecule has 24 heavy (non-hydrogen) atoms. The summed E-state index contributed by atoms with van der Waals surface area (Å²) in [5, 5.41) is 0. The number of nitrogens with two attached hydrogens (primary N) is 1. The minimum atomic E-state index is -0.406. The lowest BCUT2D eigenvalue weighted by molar-refractivity contribution is -0.892. The lowest BCUT2D eigenvalue weighted by Crippen LogP contribution is -3.16. The molecule has 0 bridgehead atoms. The van der Waals surface area contributed by atoms with Gasteiger partial charge in [0.2, 0.25) is 5.91 Å². The monoisotopic (exact) mass is 331 g/mol. The van der Waals surface area contributed by atoms with E-state index < -0.39 is 6.04 Å². The van der Waals surface area contributed by atoms with Crippen LogP contribution in [0.5, 0.6) is 0 Å².